The summed E-state index contributed by atoms with van der Waals surface area (Å²) in [5.41, 5.74) is 2.35. The molecule has 5 heteroatoms. The van der Waals surface area contributed by atoms with E-state index in [2.05, 4.69) is 44.9 Å². The second kappa shape index (κ2) is 7.92. The summed E-state index contributed by atoms with van der Waals surface area (Å²) in [6, 6.07) is 0.410. The molecule has 1 aromatic heterocycles. The number of hydrogen-bond acceptors (Lipinski definition) is 3. The van der Waals surface area contributed by atoms with Gasteiger partial charge in [0, 0.05) is 19.7 Å². The zero-order valence-electron chi connectivity index (χ0n) is 11.8. The topological polar surface area (TPSA) is 39.1 Å². The second-order valence-electron chi connectivity index (χ2n) is 4.41. The molecule has 0 aromatic carbocycles. The Labute approximate surface area is 118 Å². The Balaban J connectivity index is 2.66. The standard InChI is InChI=1S/C13H24BrN3O/c1-5-15-11(9-18-4)7-8-12-13(14)10(3)16-17(12)6-2/h11,15H,5-9H2,1-4H3. The highest BCUT2D eigenvalue weighted by atomic mass is 79.9. The predicted molar refractivity (Wildman–Crippen MR) is 78.0 cm³/mol. The summed E-state index contributed by atoms with van der Waals surface area (Å²) in [5, 5.41) is 7.96. The fourth-order valence-corrected chi connectivity index (χ4v) is 2.64. The fourth-order valence-electron chi connectivity index (χ4n) is 2.15. The van der Waals surface area contributed by atoms with Crippen molar-refractivity contribution in [3.8, 4) is 0 Å². The van der Waals surface area contributed by atoms with E-state index in [1.54, 1.807) is 7.11 Å². The van der Waals surface area contributed by atoms with Crippen LogP contribution in [0.3, 0.4) is 0 Å². The van der Waals surface area contributed by atoms with Crippen molar-refractivity contribution in [1.29, 1.82) is 0 Å². The monoisotopic (exact) mass is 317 g/mol. The number of aromatic nitrogens is 2. The highest BCUT2D eigenvalue weighted by Crippen LogP contribution is 2.22. The summed E-state index contributed by atoms with van der Waals surface area (Å²) in [5.74, 6) is 0. The molecule has 0 aliphatic heterocycles. The molecule has 18 heavy (non-hydrogen) atoms. The number of ether oxygens (including phenoxy) is 1. The van der Waals surface area contributed by atoms with E-state index < -0.39 is 0 Å². The average Bonchev–Trinajstić information content (AvgIpc) is 2.63. The van der Waals surface area contributed by atoms with E-state index in [4.69, 9.17) is 4.74 Å². The molecule has 0 fully saturated rings. The maximum Gasteiger partial charge on any atom is 0.0738 e. The van der Waals surface area contributed by atoms with Gasteiger partial charge in [0.05, 0.1) is 22.5 Å². The van der Waals surface area contributed by atoms with Crippen LogP contribution in [0, 0.1) is 6.92 Å². The van der Waals surface area contributed by atoms with Gasteiger partial charge >= 0.3 is 0 Å². The molecule has 0 aliphatic carbocycles. The van der Waals surface area contributed by atoms with Crippen LogP contribution in [-0.2, 0) is 17.7 Å². The summed E-state index contributed by atoms with van der Waals surface area (Å²) in [7, 11) is 1.75. The Morgan fingerprint density at radius 1 is 1.44 bits per heavy atom. The second-order valence-corrected chi connectivity index (χ2v) is 5.20. The zero-order chi connectivity index (χ0) is 13.5. The Morgan fingerprint density at radius 2 is 2.17 bits per heavy atom. The van der Waals surface area contributed by atoms with Gasteiger partial charge in [0.2, 0.25) is 0 Å². The molecule has 0 aliphatic rings. The van der Waals surface area contributed by atoms with Crippen LogP contribution in [0.1, 0.15) is 31.7 Å². The third-order valence-corrected chi connectivity index (χ3v) is 4.07. The highest BCUT2D eigenvalue weighted by Gasteiger charge is 2.14. The molecular weight excluding hydrogens is 294 g/mol. The minimum Gasteiger partial charge on any atom is -0.383 e. The van der Waals surface area contributed by atoms with Crippen molar-refractivity contribution in [3.63, 3.8) is 0 Å². The van der Waals surface area contributed by atoms with Crippen molar-refractivity contribution in [3.05, 3.63) is 15.9 Å². The van der Waals surface area contributed by atoms with Gasteiger partial charge in [0.1, 0.15) is 0 Å². The summed E-state index contributed by atoms with van der Waals surface area (Å²) in [6.07, 6.45) is 2.07. The van der Waals surface area contributed by atoms with Crippen molar-refractivity contribution >= 4 is 15.9 Å². The van der Waals surface area contributed by atoms with Crippen LogP contribution in [0.4, 0.5) is 0 Å². The maximum absolute atomic E-state index is 5.24. The fraction of sp³-hybridized carbons (Fsp3) is 0.769. The zero-order valence-corrected chi connectivity index (χ0v) is 13.4. The van der Waals surface area contributed by atoms with E-state index in [0.717, 1.165) is 42.7 Å². The van der Waals surface area contributed by atoms with Crippen LogP contribution in [-0.4, -0.2) is 36.1 Å². The highest BCUT2D eigenvalue weighted by molar-refractivity contribution is 9.10. The molecule has 1 N–H and O–H groups in total. The van der Waals surface area contributed by atoms with Gasteiger partial charge in [-0.25, -0.2) is 0 Å². The Morgan fingerprint density at radius 3 is 2.72 bits per heavy atom. The first-order chi connectivity index (χ1) is 8.63. The predicted octanol–water partition coefficient (Wildman–Crippen LogP) is 2.53. The number of halogens is 1. The van der Waals surface area contributed by atoms with E-state index >= 15 is 0 Å². The van der Waals surface area contributed by atoms with Crippen molar-refractivity contribution in [2.45, 2.75) is 46.2 Å². The van der Waals surface area contributed by atoms with Crippen LogP contribution in [0.25, 0.3) is 0 Å². The van der Waals surface area contributed by atoms with Crippen molar-refractivity contribution in [2.75, 3.05) is 20.3 Å². The van der Waals surface area contributed by atoms with Gasteiger partial charge in [0.25, 0.3) is 0 Å². The lowest BCUT2D eigenvalue weighted by atomic mass is 10.1. The van der Waals surface area contributed by atoms with Gasteiger partial charge in [-0.2, -0.15) is 5.10 Å². The van der Waals surface area contributed by atoms with Crippen LogP contribution < -0.4 is 5.32 Å². The first-order valence-corrected chi connectivity index (χ1v) is 7.37. The molecule has 1 unspecified atom stereocenters. The third kappa shape index (κ3) is 4.07. The SMILES string of the molecule is CCNC(CCc1c(Br)c(C)nn1CC)COC. The van der Waals surface area contributed by atoms with Crippen LogP contribution >= 0.6 is 15.9 Å². The Hall–Kier alpha value is -0.390. The lowest BCUT2D eigenvalue weighted by Crippen LogP contribution is -2.33. The van der Waals surface area contributed by atoms with E-state index in [1.807, 2.05) is 6.92 Å². The number of hydrogen-bond donors (Lipinski definition) is 1. The number of likely N-dealkylation sites (N-methyl/N-ethyl adjacent to an activating group) is 1. The Kier molecular flexibility index (Phi) is 6.89. The van der Waals surface area contributed by atoms with E-state index in [-0.39, 0.29) is 0 Å². The van der Waals surface area contributed by atoms with Crippen molar-refractivity contribution in [2.24, 2.45) is 0 Å². The number of aryl methyl sites for hydroxylation is 2. The molecule has 4 nitrogen and oxygen atoms in total. The molecule has 0 spiro atoms. The summed E-state index contributed by atoms with van der Waals surface area (Å²) in [6.45, 7) is 8.93. The minimum atomic E-state index is 0.410. The molecule has 1 rings (SSSR count). The van der Waals surface area contributed by atoms with E-state index in [1.165, 1.54) is 5.69 Å². The molecule has 0 radical (unpaired) electrons. The van der Waals surface area contributed by atoms with Gasteiger partial charge in [0.15, 0.2) is 0 Å². The molecule has 0 amide bonds. The van der Waals surface area contributed by atoms with Gasteiger partial charge < -0.3 is 10.1 Å². The summed E-state index contributed by atoms with van der Waals surface area (Å²) < 4.78 is 8.47. The summed E-state index contributed by atoms with van der Waals surface area (Å²) >= 11 is 3.63. The number of rotatable bonds is 8. The summed E-state index contributed by atoms with van der Waals surface area (Å²) in [4.78, 5) is 0. The minimum absolute atomic E-state index is 0.410. The molecule has 104 valence electrons. The molecule has 1 atom stereocenters. The van der Waals surface area contributed by atoms with Crippen LogP contribution in [0.15, 0.2) is 4.47 Å². The molecule has 1 aromatic rings. The van der Waals surface area contributed by atoms with Crippen LogP contribution in [0.2, 0.25) is 0 Å². The van der Waals surface area contributed by atoms with Gasteiger partial charge in [-0.1, -0.05) is 6.92 Å². The maximum atomic E-state index is 5.24. The van der Waals surface area contributed by atoms with Gasteiger partial charge in [-0.05, 0) is 49.2 Å². The van der Waals surface area contributed by atoms with Crippen molar-refractivity contribution in [1.82, 2.24) is 15.1 Å². The number of methoxy groups -OCH3 is 1. The number of nitrogens with one attached hydrogen (secondary N) is 1. The molecule has 0 saturated heterocycles. The van der Waals surface area contributed by atoms with E-state index in [0.29, 0.717) is 6.04 Å². The van der Waals surface area contributed by atoms with Crippen molar-refractivity contribution < 1.29 is 4.74 Å². The quantitative estimate of drug-likeness (QED) is 0.800. The first kappa shape index (κ1) is 15.7. The smallest absolute Gasteiger partial charge is 0.0738 e. The first-order valence-electron chi connectivity index (χ1n) is 6.58. The molecule has 0 saturated carbocycles. The lowest BCUT2D eigenvalue weighted by molar-refractivity contribution is 0.163. The van der Waals surface area contributed by atoms with Crippen LogP contribution in [0.5, 0.6) is 0 Å². The van der Waals surface area contributed by atoms with Gasteiger partial charge in [-0.15, -0.1) is 0 Å². The molecule has 1 heterocycles. The number of nitrogens with zero attached hydrogens (tertiary/aromatic N) is 2. The molecule has 0 bridgehead atoms. The molecular formula is C13H24BrN3O. The lowest BCUT2D eigenvalue weighted by Gasteiger charge is -2.17. The largest absolute Gasteiger partial charge is 0.383 e. The third-order valence-electron chi connectivity index (χ3n) is 3.04. The average molecular weight is 318 g/mol. The van der Waals surface area contributed by atoms with E-state index in [9.17, 15) is 0 Å². The normalized spacial score (nSPS) is 12.9. The van der Waals surface area contributed by atoms with Gasteiger partial charge in [-0.3, -0.25) is 4.68 Å². The Bertz CT molecular complexity index is 359.